The normalized spacial score (nSPS) is 10.6. The molecule has 0 aliphatic heterocycles. The molecule has 0 aliphatic carbocycles. The lowest BCUT2D eigenvalue weighted by molar-refractivity contribution is 1.04. The Balaban J connectivity index is 2.59. The first kappa shape index (κ1) is 12.7. The molecule has 0 amide bonds. The smallest absolute Gasteiger partial charge is 0.182 e. The number of hydrogen-bond donors (Lipinski definition) is 0. The largest absolute Gasteiger partial charge is 0.252 e. The third kappa shape index (κ3) is 2.59. The number of pyridine rings is 1. The first-order chi connectivity index (χ1) is 8.13. The van der Waals surface area contributed by atoms with Crippen LogP contribution in [0.25, 0.3) is 11.5 Å². The van der Waals surface area contributed by atoms with Crippen LogP contribution in [-0.2, 0) is 6.42 Å². The summed E-state index contributed by atoms with van der Waals surface area (Å²) in [5, 5.41) is 0.750. The Bertz CT molecular complexity index is 537. The van der Waals surface area contributed by atoms with E-state index in [4.69, 9.17) is 23.2 Å². The average molecular weight is 333 g/mol. The van der Waals surface area contributed by atoms with Gasteiger partial charge >= 0.3 is 0 Å². The molecule has 2 heterocycles. The molecule has 0 aliphatic rings. The minimum atomic E-state index is 0.375. The van der Waals surface area contributed by atoms with Crippen LogP contribution in [0.1, 0.15) is 12.5 Å². The summed E-state index contributed by atoms with van der Waals surface area (Å²) in [6.07, 6.45) is 2.36. The monoisotopic (exact) mass is 331 g/mol. The summed E-state index contributed by atoms with van der Waals surface area (Å²) < 4.78 is 0.802. The van der Waals surface area contributed by atoms with Crippen molar-refractivity contribution in [2.24, 2.45) is 0 Å². The summed E-state index contributed by atoms with van der Waals surface area (Å²) in [7, 11) is 0. The average Bonchev–Trinajstić information content (AvgIpc) is 2.29. The second-order valence-corrected chi connectivity index (χ2v) is 4.87. The fourth-order valence-corrected chi connectivity index (χ4v) is 2.47. The SMILES string of the molecule is CCc1c(Cl)nc(-c2ncccc2Br)nc1Cl. The number of nitrogens with zero attached hydrogens (tertiary/aromatic N) is 3. The predicted octanol–water partition coefficient (Wildman–Crippen LogP) is 4.17. The van der Waals surface area contributed by atoms with Gasteiger partial charge in [-0.25, -0.2) is 9.97 Å². The molecule has 17 heavy (non-hydrogen) atoms. The van der Waals surface area contributed by atoms with Crippen LogP contribution in [0.15, 0.2) is 22.8 Å². The Hall–Kier alpha value is -0.710. The zero-order valence-electron chi connectivity index (χ0n) is 8.91. The summed E-state index contributed by atoms with van der Waals surface area (Å²) in [5.74, 6) is 0.421. The molecule has 0 bridgehead atoms. The molecule has 0 unspecified atom stereocenters. The number of hydrogen-bond acceptors (Lipinski definition) is 3. The number of aromatic nitrogens is 3. The first-order valence-electron chi connectivity index (χ1n) is 4.96. The molecular formula is C11H8BrCl2N3. The Morgan fingerprint density at radius 3 is 2.41 bits per heavy atom. The minimum Gasteiger partial charge on any atom is -0.252 e. The van der Waals surface area contributed by atoms with Gasteiger partial charge in [0.1, 0.15) is 16.0 Å². The van der Waals surface area contributed by atoms with Gasteiger partial charge in [-0.05, 0) is 34.5 Å². The Morgan fingerprint density at radius 2 is 1.88 bits per heavy atom. The van der Waals surface area contributed by atoms with E-state index in [1.54, 1.807) is 6.20 Å². The van der Waals surface area contributed by atoms with Crippen LogP contribution in [0, 0.1) is 0 Å². The van der Waals surface area contributed by atoms with Gasteiger partial charge in [0.05, 0.1) is 0 Å². The van der Waals surface area contributed by atoms with Gasteiger partial charge in [-0.1, -0.05) is 30.1 Å². The standard InChI is InChI=1S/C11H8BrCl2N3/c1-2-6-9(13)16-11(17-10(6)14)8-7(12)4-3-5-15-8/h3-5H,2H2,1H3. The Labute approximate surface area is 117 Å². The molecule has 6 heteroatoms. The summed E-state index contributed by atoms with van der Waals surface area (Å²) in [6, 6.07) is 3.68. The molecule has 88 valence electrons. The van der Waals surface area contributed by atoms with Crippen LogP contribution in [0.4, 0.5) is 0 Å². The highest BCUT2D eigenvalue weighted by atomic mass is 79.9. The number of halogens is 3. The lowest BCUT2D eigenvalue weighted by Crippen LogP contribution is -1.98. The van der Waals surface area contributed by atoms with Crippen LogP contribution in [-0.4, -0.2) is 15.0 Å². The maximum Gasteiger partial charge on any atom is 0.182 e. The van der Waals surface area contributed by atoms with Crippen molar-refractivity contribution in [1.82, 2.24) is 15.0 Å². The zero-order valence-corrected chi connectivity index (χ0v) is 12.0. The van der Waals surface area contributed by atoms with Crippen LogP contribution < -0.4 is 0 Å². The van der Waals surface area contributed by atoms with Gasteiger partial charge in [0.2, 0.25) is 0 Å². The van der Waals surface area contributed by atoms with Crippen molar-refractivity contribution in [3.8, 4) is 11.5 Å². The Morgan fingerprint density at radius 1 is 1.24 bits per heavy atom. The molecule has 0 saturated carbocycles. The molecular weight excluding hydrogens is 325 g/mol. The molecule has 0 spiro atoms. The Kier molecular flexibility index (Phi) is 3.97. The van der Waals surface area contributed by atoms with Crippen LogP contribution in [0.2, 0.25) is 10.3 Å². The fourth-order valence-electron chi connectivity index (χ4n) is 1.38. The molecule has 0 fully saturated rings. The van der Waals surface area contributed by atoms with Gasteiger partial charge in [0.25, 0.3) is 0 Å². The van der Waals surface area contributed by atoms with Gasteiger partial charge in [0.15, 0.2) is 5.82 Å². The molecule has 0 N–H and O–H groups in total. The lowest BCUT2D eigenvalue weighted by Gasteiger charge is -2.06. The van der Waals surface area contributed by atoms with Gasteiger partial charge in [-0.15, -0.1) is 0 Å². The van der Waals surface area contributed by atoms with E-state index in [2.05, 4.69) is 30.9 Å². The van der Waals surface area contributed by atoms with Gasteiger partial charge in [0, 0.05) is 16.2 Å². The van der Waals surface area contributed by atoms with Crippen LogP contribution in [0.5, 0.6) is 0 Å². The highest BCUT2D eigenvalue weighted by Crippen LogP contribution is 2.28. The van der Waals surface area contributed by atoms with Crippen molar-refractivity contribution in [3.63, 3.8) is 0 Å². The minimum absolute atomic E-state index is 0.375. The van der Waals surface area contributed by atoms with Crippen molar-refractivity contribution in [3.05, 3.63) is 38.7 Å². The van der Waals surface area contributed by atoms with E-state index in [-0.39, 0.29) is 0 Å². The van der Waals surface area contributed by atoms with Gasteiger partial charge in [-0.3, -0.25) is 4.98 Å². The fraction of sp³-hybridized carbons (Fsp3) is 0.182. The highest BCUT2D eigenvalue weighted by Gasteiger charge is 2.13. The van der Waals surface area contributed by atoms with Crippen molar-refractivity contribution in [2.75, 3.05) is 0 Å². The third-order valence-corrected chi connectivity index (χ3v) is 3.50. The van der Waals surface area contributed by atoms with Crippen molar-refractivity contribution in [1.29, 1.82) is 0 Å². The zero-order chi connectivity index (χ0) is 12.4. The molecule has 3 nitrogen and oxygen atoms in total. The lowest BCUT2D eigenvalue weighted by atomic mass is 10.2. The van der Waals surface area contributed by atoms with E-state index in [1.165, 1.54) is 0 Å². The summed E-state index contributed by atoms with van der Waals surface area (Å²) >= 11 is 15.5. The topological polar surface area (TPSA) is 38.7 Å². The molecule has 0 aromatic carbocycles. The van der Waals surface area contributed by atoms with E-state index in [0.717, 1.165) is 10.0 Å². The summed E-state index contributed by atoms with van der Waals surface area (Å²) in [6.45, 7) is 1.95. The van der Waals surface area contributed by atoms with E-state index in [0.29, 0.717) is 28.2 Å². The molecule has 2 aromatic rings. The maximum absolute atomic E-state index is 6.06. The molecule has 0 atom stereocenters. The van der Waals surface area contributed by atoms with E-state index in [9.17, 15) is 0 Å². The van der Waals surface area contributed by atoms with Crippen molar-refractivity contribution < 1.29 is 0 Å². The molecule has 0 saturated heterocycles. The second-order valence-electron chi connectivity index (χ2n) is 3.29. The quantitative estimate of drug-likeness (QED) is 0.775. The molecule has 2 rings (SSSR count). The first-order valence-corrected chi connectivity index (χ1v) is 6.51. The number of rotatable bonds is 2. The molecule has 2 aromatic heterocycles. The van der Waals surface area contributed by atoms with Gasteiger partial charge in [-0.2, -0.15) is 0 Å². The highest BCUT2D eigenvalue weighted by molar-refractivity contribution is 9.10. The summed E-state index contributed by atoms with van der Waals surface area (Å²) in [4.78, 5) is 12.6. The predicted molar refractivity (Wildman–Crippen MR) is 72.4 cm³/mol. The van der Waals surface area contributed by atoms with E-state index >= 15 is 0 Å². The van der Waals surface area contributed by atoms with Crippen molar-refractivity contribution in [2.45, 2.75) is 13.3 Å². The van der Waals surface area contributed by atoms with Crippen LogP contribution in [0.3, 0.4) is 0 Å². The van der Waals surface area contributed by atoms with Gasteiger partial charge < -0.3 is 0 Å². The van der Waals surface area contributed by atoms with Crippen molar-refractivity contribution >= 4 is 39.1 Å². The van der Waals surface area contributed by atoms with E-state index < -0.39 is 0 Å². The third-order valence-electron chi connectivity index (χ3n) is 2.23. The summed E-state index contributed by atoms with van der Waals surface area (Å²) in [5.41, 5.74) is 1.38. The maximum atomic E-state index is 6.06. The molecule has 0 radical (unpaired) electrons. The second kappa shape index (κ2) is 5.29. The van der Waals surface area contributed by atoms with E-state index in [1.807, 2.05) is 19.1 Å². The van der Waals surface area contributed by atoms with Crippen LogP contribution >= 0.6 is 39.1 Å².